The molecule has 92 valence electrons. The van der Waals surface area contributed by atoms with Gasteiger partial charge < -0.3 is 10.6 Å². The van der Waals surface area contributed by atoms with Gasteiger partial charge in [-0.15, -0.1) is 0 Å². The van der Waals surface area contributed by atoms with E-state index in [2.05, 4.69) is 33.5 Å². The van der Waals surface area contributed by atoms with E-state index in [-0.39, 0.29) is 0 Å². The summed E-state index contributed by atoms with van der Waals surface area (Å²) >= 11 is 8.74. The van der Waals surface area contributed by atoms with Gasteiger partial charge in [-0.25, -0.2) is 0 Å². The third kappa shape index (κ3) is 3.55. The van der Waals surface area contributed by atoms with Gasteiger partial charge in [-0.2, -0.15) is 0 Å². The highest BCUT2D eigenvalue weighted by atomic mass is 79.9. The minimum atomic E-state index is 0.575. The van der Waals surface area contributed by atoms with Crippen LogP contribution in [0.4, 0.5) is 11.4 Å². The van der Waals surface area contributed by atoms with Gasteiger partial charge >= 0.3 is 0 Å². The lowest BCUT2D eigenvalue weighted by molar-refractivity contribution is 1.47. The van der Waals surface area contributed by atoms with Gasteiger partial charge in [0.2, 0.25) is 0 Å². The molecule has 0 atom stereocenters. The molecule has 2 aromatic rings. The molecule has 2 N–H and O–H groups in total. The van der Waals surface area contributed by atoms with Crippen molar-refractivity contribution < 1.29 is 0 Å². The van der Waals surface area contributed by atoms with Crippen LogP contribution in [-0.2, 0) is 0 Å². The van der Waals surface area contributed by atoms with E-state index in [0.717, 1.165) is 15.8 Å². The van der Waals surface area contributed by atoms with Crippen molar-refractivity contribution in [2.45, 2.75) is 6.92 Å². The molecule has 0 heterocycles. The Morgan fingerprint density at radius 3 is 2.33 bits per heavy atom. The summed E-state index contributed by atoms with van der Waals surface area (Å²) in [6.07, 6.45) is 0. The Kier molecular flexibility index (Phi) is 4.33. The van der Waals surface area contributed by atoms with E-state index in [9.17, 15) is 0 Å². The molecule has 0 fully saturated rings. The van der Waals surface area contributed by atoms with E-state index in [4.69, 9.17) is 12.2 Å². The third-order valence-corrected chi connectivity index (χ3v) is 3.33. The van der Waals surface area contributed by atoms with Crippen molar-refractivity contribution in [1.29, 1.82) is 0 Å². The Morgan fingerprint density at radius 2 is 1.67 bits per heavy atom. The zero-order chi connectivity index (χ0) is 13.0. The molecule has 0 aliphatic rings. The third-order valence-electron chi connectivity index (χ3n) is 2.43. The molecule has 0 saturated heterocycles. The summed E-state index contributed by atoms with van der Waals surface area (Å²) in [5.74, 6) is 0. The molecule has 2 rings (SSSR count). The number of rotatable bonds is 2. The molecule has 0 bridgehead atoms. The van der Waals surface area contributed by atoms with Gasteiger partial charge in [-0.05, 0) is 59.3 Å². The molecule has 2 aromatic carbocycles. The Morgan fingerprint density at radius 1 is 1.00 bits per heavy atom. The normalized spacial score (nSPS) is 9.89. The number of para-hydroxylation sites is 1. The molecular formula is C14H13BrN2S. The summed E-state index contributed by atoms with van der Waals surface area (Å²) in [5, 5.41) is 6.87. The van der Waals surface area contributed by atoms with Crippen LogP contribution in [0.25, 0.3) is 0 Å². The second kappa shape index (κ2) is 5.98. The number of anilines is 2. The summed E-state index contributed by atoms with van der Waals surface area (Å²) in [5.41, 5.74) is 3.15. The fourth-order valence-electron chi connectivity index (χ4n) is 1.48. The quantitative estimate of drug-likeness (QED) is 0.793. The van der Waals surface area contributed by atoms with E-state index in [1.54, 1.807) is 0 Å². The maximum absolute atomic E-state index is 5.27. The number of aryl methyl sites for hydroxylation is 1. The monoisotopic (exact) mass is 320 g/mol. The number of hydrogen-bond donors (Lipinski definition) is 2. The van der Waals surface area contributed by atoms with E-state index in [1.807, 2.05) is 48.5 Å². The predicted molar refractivity (Wildman–Crippen MR) is 85.2 cm³/mol. The Bertz CT molecular complexity index is 552. The zero-order valence-corrected chi connectivity index (χ0v) is 12.3. The van der Waals surface area contributed by atoms with Crippen LogP contribution in [0.3, 0.4) is 0 Å². The minimum absolute atomic E-state index is 0.575. The molecule has 0 amide bonds. The second-order valence-corrected chi connectivity index (χ2v) is 5.19. The van der Waals surface area contributed by atoms with Crippen LogP contribution < -0.4 is 10.6 Å². The fourth-order valence-corrected chi connectivity index (χ4v) is 2.10. The van der Waals surface area contributed by atoms with Crippen molar-refractivity contribution in [3.63, 3.8) is 0 Å². The van der Waals surface area contributed by atoms with Crippen LogP contribution in [0.1, 0.15) is 5.56 Å². The van der Waals surface area contributed by atoms with Gasteiger partial charge in [0.1, 0.15) is 0 Å². The lowest BCUT2D eigenvalue weighted by Gasteiger charge is -2.11. The minimum Gasteiger partial charge on any atom is -0.332 e. The highest BCUT2D eigenvalue weighted by Crippen LogP contribution is 2.21. The number of hydrogen-bond acceptors (Lipinski definition) is 1. The summed E-state index contributed by atoms with van der Waals surface area (Å²) in [7, 11) is 0. The van der Waals surface area contributed by atoms with Gasteiger partial charge in [-0.1, -0.05) is 29.8 Å². The first-order chi connectivity index (χ1) is 8.65. The summed E-state index contributed by atoms with van der Waals surface area (Å²) in [4.78, 5) is 0. The molecule has 0 spiro atoms. The molecule has 18 heavy (non-hydrogen) atoms. The van der Waals surface area contributed by atoms with Crippen LogP contribution in [0.5, 0.6) is 0 Å². The highest BCUT2D eigenvalue weighted by Gasteiger charge is 2.01. The number of halogens is 1. The Hall–Kier alpha value is -1.39. The molecule has 4 heteroatoms. The SMILES string of the molecule is Cc1ccc(NC(=S)Nc2ccccc2Br)cc1. The molecule has 0 radical (unpaired) electrons. The molecule has 0 aliphatic heterocycles. The topological polar surface area (TPSA) is 24.1 Å². The highest BCUT2D eigenvalue weighted by molar-refractivity contribution is 9.10. The number of benzene rings is 2. The van der Waals surface area contributed by atoms with Crippen molar-refractivity contribution in [1.82, 2.24) is 0 Å². The van der Waals surface area contributed by atoms with Gasteiger partial charge in [0.05, 0.1) is 5.69 Å². The standard InChI is InChI=1S/C14H13BrN2S/c1-10-6-8-11(9-7-10)16-14(18)17-13-5-3-2-4-12(13)15/h2-9H,1H3,(H2,16,17,18). The van der Waals surface area contributed by atoms with Crippen molar-refractivity contribution in [3.05, 3.63) is 58.6 Å². The van der Waals surface area contributed by atoms with Crippen molar-refractivity contribution in [3.8, 4) is 0 Å². The first-order valence-corrected chi connectivity index (χ1v) is 6.74. The number of nitrogens with one attached hydrogen (secondary N) is 2. The van der Waals surface area contributed by atoms with Gasteiger partial charge in [0.25, 0.3) is 0 Å². The molecular weight excluding hydrogens is 308 g/mol. The Balaban J connectivity index is 2.01. The van der Waals surface area contributed by atoms with Crippen molar-refractivity contribution in [2.75, 3.05) is 10.6 Å². The van der Waals surface area contributed by atoms with E-state index < -0.39 is 0 Å². The summed E-state index contributed by atoms with van der Waals surface area (Å²) < 4.78 is 0.984. The van der Waals surface area contributed by atoms with Gasteiger partial charge in [-0.3, -0.25) is 0 Å². The second-order valence-electron chi connectivity index (χ2n) is 3.92. The maximum Gasteiger partial charge on any atom is 0.175 e. The van der Waals surface area contributed by atoms with Crippen LogP contribution in [0.15, 0.2) is 53.0 Å². The van der Waals surface area contributed by atoms with E-state index in [1.165, 1.54) is 5.56 Å². The molecule has 0 aliphatic carbocycles. The van der Waals surface area contributed by atoms with Crippen LogP contribution >= 0.6 is 28.1 Å². The molecule has 0 saturated carbocycles. The van der Waals surface area contributed by atoms with Crippen LogP contribution in [0, 0.1) is 6.92 Å². The summed E-state index contributed by atoms with van der Waals surface area (Å²) in [6, 6.07) is 16.0. The van der Waals surface area contributed by atoms with Crippen LogP contribution in [-0.4, -0.2) is 5.11 Å². The van der Waals surface area contributed by atoms with Gasteiger partial charge in [0, 0.05) is 10.2 Å². The zero-order valence-electron chi connectivity index (χ0n) is 9.91. The fraction of sp³-hybridized carbons (Fsp3) is 0.0714. The first-order valence-electron chi connectivity index (χ1n) is 5.54. The lowest BCUT2D eigenvalue weighted by Crippen LogP contribution is -2.19. The molecule has 0 aromatic heterocycles. The smallest absolute Gasteiger partial charge is 0.175 e. The molecule has 2 nitrogen and oxygen atoms in total. The van der Waals surface area contributed by atoms with Gasteiger partial charge in [0.15, 0.2) is 5.11 Å². The Labute approximate surface area is 121 Å². The van der Waals surface area contributed by atoms with Crippen molar-refractivity contribution >= 4 is 44.6 Å². The lowest BCUT2D eigenvalue weighted by atomic mass is 10.2. The van der Waals surface area contributed by atoms with Crippen LogP contribution in [0.2, 0.25) is 0 Å². The molecule has 0 unspecified atom stereocenters. The van der Waals surface area contributed by atoms with Crippen molar-refractivity contribution in [2.24, 2.45) is 0 Å². The first kappa shape index (κ1) is 13.1. The average molecular weight is 321 g/mol. The average Bonchev–Trinajstić information content (AvgIpc) is 2.35. The largest absolute Gasteiger partial charge is 0.332 e. The van der Waals surface area contributed by atoms with E-state index >= 15 is 0 Å². The summed E-state index contributed by atoms with van der Waals surface area (Å²) in [6.45, 7) is 2.06. The number of thiocarbonyl (C=S) groups is 1. The maximum atomic E-state index is 5.27. The predicted octanol–water partition coefficient (Wildman–Crippen LogP) is 4.57. The van der Waals surface area contributed by atoms with E-state index in [0.29, 0.717) is 5.11 Å².